The van der Waals surface area contributed by atoms with Crippen molar-refractivity contribution in [2.75, 3.05) is 19.7 Å². The lowest BCUT2D eigenvalue weighted by atomic mass is 10.0. The smallest absolute Gasteiger partial charge is 0.213 e. The Hall–Kier alpha value is -0.610. The lowest BCUT2D eigenvalue weighted by molar-refractivity contribution is 0.212. The largest absolute Gasteiger partial charge is 0.477 e. The van der Waals surface area contributed by atoms with Crippen LogP contribution < -0.4 is 10.1 Å². The van der Waals surface area contributed by atoms with E-state index in [-0.39, 0.29) is 0 Å². The number of halogens is 1. The van der Waals surface area contributed by atoms with Crippen LogP contribution in [0.15, 0.2) is 22.8 Å². The number of piperidine rings is 1. The van der Waals surface area contributed by atoms with Crippen molar-refractivity contribution in [3.63, 3.8) is 0 Å². The van der Waals surface area contributed by atoms with Gasteiger partial charge in [-0.2, -0.15) is 0 Å². The van der Waals surface area contributed by atoms with Gasteiger partial charge in [-0.1, -0.05) is 0 Å². The van der Waals surface area contributed by atoms with E-state index in [1.54, 1.807) is 6.20 Å². The molecule has 0 unspecified atom stereocenters. The number of rotatable bonds is 3. The van der Waals surface area contributed by atoms with Gasteiger partial charge in [0.15, 0.2) is 0 Å². The summed E-state index contributed by atoms with van der Waals surface area (Å²) in [6, 6.07) is 3.84. The zero-order valence-corrected chi connectivity index (χ0v) is 10.2. The van der Waals surface area contributed by atoms with Gasteiger partial charge in [0.25, 0.3) is 0 Å². The Kier molecular flexibility index (Phi) is 3.97. The lowest BCUT2D eigenvalue weighted by Crippen LogP contribution is -2.33. The summed E-state index contributed by atoms with van der Waals surface area (Å²) in [7, 11) is 0. The van der Waals surface area contributed by atoms with Crippen LogP contribution >= 0.6 is 15.9 Å². The van der Waals surface area contributed by atoms with Crippen LogP contribution in [-0.2, 0) is 0 Å². The van der Waals surface area contributed by atoms with E-state index in [0.717, 1.165) is 24.2 Å². The van der Waals surface area contributed by atoms with Crippen LogP contribution in [0.3, 0.4) is 0 Å². The maximum absolute atomic E-state index is 5.63. The van der Waals surface area contributed by atoms with Crippen molar-refractivity contribution in [2.24, 2.45) is 5.92 Å². The van der Waals surface area contributed by atoms with E-state index in [1.807, 2.05) is 12.1 Å². The molecule has 1 fully saturated rings. The fourth-order valence-corrected chi connectivity index (χ4v) is 1.95. The molecule has 0 bridgehead atoms. The van der Waals surface area contributed by atoms with Crippen LogP contribution in [-0.4, -0.2) is 24.7 Å². The number of ether oxygens (including phenoxy) is 1. The highest BCUT2D eigenvalue weighted by Crippen LogP contribution is 2.15. The first-order valence-corrected chi connectivity index (χ1v) is 6.09. The van der Waals surface area contributed by atoms with Crippen LogP contribution in [0.4, 0.5) is 0 Å². The Morgan fingerprint density at radius 2 is 2.47 bits per heavy atom. The topological polar surface area (TPSA) is 34.1 Å². The van der Waals surface area contributed by atoms with Crippen molar-refractivity contribution < 1.29 is 4.74 Å². The van der Waals surface area contributed by atoms with Gasteiger partial charge in [-0.05, 0) is 41.4 Å². The van der Waals surface area contributed by atoms with Crippen LogP contribution in [0.1, 0.15) is 12.8 Å². The first-order valence-electron chi connectivity index (χ1n) is 5.29. The molecule has 0 radical (unpaired) electrons. The van der Waals surface area contributed by atoms with Crippen molar-refractivity contribution in [1.82, 2.24) is 10.3 Å². The molecule has 0 aliphatic carbocycles. The highest BCUT2D eigenvalue weighted by Gasteiger charge is 2.13. The fourth-order valence-electron chi connectivity index (χ4n) is 1.72. The molecule has 0 saturated carbocycles. The molecule has 3 nitrogen and oxygen atoms in total. The SMILES string of the molecule is Brc1ccc(OC[C@@H]2CCCNC2)nc1. The Bertz CT molecular complexity index is 296. The molecule has 0 aromatic carbocycles. The first-order chi connectivity index (χ1) is 7.34. The molecule has 82 valence electrons. The highest BCUT2D eigenvalue weighted by atomic mass is 79.9. The molecule has 1 aliphatic heterocycles. The van der Waals surface area contributed by atoms with Crippen molar-refractivity contribution in [3.8, 4) is 5.88 Å². The molecule has 4 heteroatoms. The minimum absolute atomic E-state index is 0.629. The number of nitrogens with one attached hydrogen (secondary N) is 1. The molecule has 1 saturated heterocycles. The van der Waals surface area contributed by atoms with Crippen molar-refractivity contribution in [3.05, 3.63) is 22.8 Å². The van der Waals surface area contributed by atoms with E-state index in [0.29, 0.717) is 11.8 Å². The first kappa shape index (κ1) is 10.9. The second-order valence-corrected chi connectivity index (χ2v) is 4.75. The second-order valence-electron chi connectivity index (χ2n) is 3.84. The molecule has 1 aromatic rings. The van der Waals surface area contributed by atoms with Gasteiger partial charge in [0.05, 0.1) is 6.61 Å². The second kappa shape index (κ2) is 5.47. The summed E-state index contributed by atoms with van der Waals surface area (Å²) in [5.74, 6) is 1.34. The average Bonchev–Trinajstić information content (AvgIpc) is 2.30. The summed E-state index contributed by atoms with van der Waals surface area (Å²) in [4.78, 5) is 4.17. The molecule has 0 amide bonds. The minimum atomic E-state index is 0.629. The molecule has 0 spiro atoms. The van der Waals surface area contributed by atoms with Gasteiger partial charge in [-0.15, -0.1) is 0 Å². The van der Waals surface area contributed by atoms with Gasteiger partial charge < -0.3 is 10.1 Å². The van der Waals surface area contributed by atoms with Gasteiger partial charge in [0.2, 0.25) is 5.88 Å². The zero-order valence-electron chi connectivity index (χ0n) is 8.58. The molecule has 2 heterocycles. The average molecular weight is 271 g/mol. The summed E-state index contributed by atoms with van der Waals surface area (Å²) in [5.41, 5.74) is 0. The Morgan fingerprint density at radius 3 is 3.13 bits per heavy atom. The molecule has 1 aromatic heterocycles. The molecular weight excluding hydrogens is 256 g/mol. The Labute approximate surface area is 98.4 Å². The third-order valence-corrected chi connectivity index (χ3v) is 3.04. The Balaban J connectivity index is 1.79. The molecule has 1 N–H and O–H groups in total. The van der Waals surface area contributed by atoms with Gasteiger partial charge in [0, 0.05) is 29.2 Å². The van der Waals surface area contributed by atoms with Gasteiger partial charge >= 0.3 is 0 Å². The number of hydrogen-bond donors (Lipinski definition) is 1. The van der Waals surface area contributed by atoms with Gasteiger partial charge in [-0.25, -0.2) is 4.98 Å². The van der Waals surface area contributed by atoms with Crippen molar-refractivity contribution in [2.45, 2.75) is 12.8 Å². The normalized spacial score (nSPS) is 21.3. The molecular formula is C11H15BrN2O. The number of aromatic nitrogens is 1. The summed E-state index contributed by atoms with van der Waals surface area (Å²) in [6.07, 6.45) is 4.26. The van der Waals surface area contributed by atoms with Gasteiger partial charge in [0.1, 0.15) is 0 Å². The van der Waals surface area contributed by atoms with E-state index in [1.165, 1.54) is 12.8 Å². The van der Waals surface area contributed by atoms with E-state index >= 15 is 0 Å². The van der Waals surface area contributed by atoms with Crippen molar-refractivity contribution >= 4 is 15.9 Å². The van der Waals surface area contributed by atoms with E-state index < -0.39 is 0 Å². The number of pyridine rings is 1. The monoisotopic (exact) mass is 270 g/mol. The standard InChI is InChI=1S/C11H15BrN2O/c12-10-3-4-11(14-7-10)15-8-9-2-1-5-13-6-9/h3-4,7,9,13H,1-2,5-6,8H2/t9-/m1/s1. The number of hydrogen-bond acceptors (Lipinski definition) is 3. The van der Waals surface area contributed by atoms with E-state index in [4.69, 9.17) is 4.74 Å². The molecule has 2 rings (SSSR count). The minimum Gasteiger partial charge on any atom is -0.477 e. The number of nitrogens with zero attached hydrogens (tertiary/aromatic N) is 1. The fraction of sp³-hybridized carbons (Fsp3) is 0.545. The molecule has 1 aliphatic rings. The quantitative estimate of drug-likeness (QED) is 0.915. The molecule has 15 heavy (non-hydrogen) atoms. The summed E-state index contributed by atoms with van der Waals surface area (Å²) >= 11 is 3.35. The summed E-state index contributed by atoms with van der Waals surface area (Å²) in [5, 5.41) is 3.37. The maximum atomic E-state index is 5.63. The summed E-state index contributed by atoms with van der Waals surface area (Å²) < 4.78 is 6.61. The van der Waals surface area contributed by atoms with Crippen LogP contribution in [0, 0.1) is 5.92 Å². The van der Waals surface area contributed by atoms with Gasteiger partial charge in [-0.3, -0.25) is 0 Å². The van der Waals surface area contributed by atoms with E-state index in [2.05, 4.69) is 26.2 Å². The highest BCUT2D eigenvalue weighted by molar-refractivity contribution is 9.10. The molecule has 1 atom stereocenters. The van der Waals surface area contributed by atoms with E-state index in [9.17, 15) is 0 Å². The third-order valence-electron chi connectivity index (χ3n) is 2.57. The predicted octanol–water partition coefficient (Wildman–Crippen LogP) is 2.22. The van der Waals surface area contributed by atoms with Crippen LogP contribution in [0.5, 0.6) is 5.88 Å². The Morgan fingerprint density at radius 1 is 1.53 bits per heavy atom. The predicted molar refractivity (Wildman–Crippen MR) is 63.0 cm³/mol. The third kappa shape index (κ3) is 3.47. The van der Waals surface area contributed by atoms with Crippen molar-refractivity contribution in [1.29, 1.82) is 0 Å². The van der Waals surface area contributed by atoms with Crippen LogP contribution in [0.25, 0.3) is 0 Å². The lowest BCUT2D eigenvalue weighted by Gasteiger charge is -2.22. The zero-order chi connectivity index (χ0) is 10.5. The summed E-state index contributed by atoms with van der Waals surface area (Å²) in [6.45, 7) is 2.98. The van der Waals surface area contributed by atoms with Crippen LogP contribution in [0.2, 0.25) is 0 Å². The maximum Gasteiger partial charge on any atom is 0.213 e.